The van der Waals surface area contributed by atoms with E-state index in [1.54, 1.807) is 41.3 Å². The van der Waals surface area contributed by atoms with E-state index in [9.17, 15) is 18.8 Å². The van der Waals surface area contributed by atoms with E-state index in [0.29, 0.717) is 53.1 Å². The number of nitrogens with one attached hydrogen (secondary N) is 2. The molecule has 0 saturated carbocycles. The highest BCUT2D eigenvalue weighted by atomic mass is 32.2. The Hall–Kier alpha value is -3.80. The fourth-order valence-electron chi connectivity index (χ4n) is 3.90. The number of hydrogen-bond donors (Lipinski definition) is 2. The summed E-state index contributed by atoms with van der Waals surface area (Å²) in [4.78, 5) is 44.6. The highest BCUT2D eigenvalue weighted by Gasteiger charge is 2.23. The molecule has 2 N–H and O–H groups in total. The average Bonchev–Trinajstić information content (AvgIpc) is 3.35. The van der Waals surface area contributed by atoms with Crippen molar-refractivity contribution in [2.45, 2.75) is 4.34 Å². The van der Waals surface area contributed by atoms with E-state index in [0.717, 1.165) is 10.2 Å². The Morgan fingerprint density at radius 1 is 0.947 bits per heavy atom. The molecule has 3 amide bonds. The number of nitrogens with zero attached hydrogens (tertiary/aromatic N) is 2. The predicted octanol–water partition coefficient (Wildman–Crippen LogP) is 4.89. The van der Waals surface area contributed by atoms with Gasteiger partial charge in [-0.2, -0.15) is 0 Å². The van der Waals surface area contributed by atoms with Crippen molar-refractivity contribution in [3.63, 3.8) is 0 Å². The molecule has 0 aliphatic carbocycles. The van der Waals surface area contributed by atoms with Crippen molar-refractivity contribution >= 4 is 62.4 Å². The van der Waals surface area contributed by atoms with Gasteiger partial charge in [0.15, 0.2) is 4.34 Å². The Labute approximate surface area is 226 Å². The van der Waals surface area contributed by atoms with Gasteiger partial charge in [0, 0.05) is 24.5 Å². The SMILES string of the molecule is O=C(CSc1nc2ccc(NC(=O)c3ccccc3C(=O)N3CCOCC3)cc2s1)Nc1ccc(F)cc1. The highest BCUT2D eigenvalue weighted by Crippen LogP contribution is 2.31. The molecule has 1 fully saturated rings. The zero-order valence-electron chi connectivity index (χ0n) is 20.1. The van der Waals surface area contributed by atoms with Crippen LogP contribution in [0.15, 0.2) is 71.1 Å². The quantitative estimate of drug-likeness (QED) is 0.318. The number of aromatic nitrogens is 1. The summed E-state index contributed by atoms with van der Waals surface area (Å²) in [7, 11) is 0. The lowest BCUT2D eigenvalue weighted by Crippen LogP contribution is -2.41. The van der Waals surface area contributed by atoms with Crippen LogP contribution in [0.3, 0.4) is 0 Å². The maximum absolute atomic E-state index is 13.1. The van der Waals surface area contributed by atoms with Crippen LogP contribution in [0.25, 0.3) is 10.2 Å². The van der Waals surface area contributed by atoms with Crippen LogP contribution in [0, 0.1) is 5.82 Å². The predicted molar refractivity (Wildman–Crippen MR) is 146 cm³/mol. The van der Waals surface area contributed by atoms with Crippen molar-refractivity contribution in [2.75, 3.05) is 42.7 Å². The molecule has 0 unspecified atom stereocenters. The molecule has 1 aliphatic rings. The monoisotopic (exact) mass is 550 g/mol. The highest BCUT2D eigenvalue weighted by molar-refractivity contribution is 8.01. The maximum Gasteiger partial charge on any atom is 0.256 e. The molecule has 8 nitrogen and oxygen atoms in total. The zero-order chi connectivity index (χ0) is 26.5. The minimum absolute atomic E-state index is 0.148. The third-order valence-electron chi connectivity index (χ3n) is 5.78. The lowest BCUT2D eigenvalue weighted by Gasteiger charge is -2.27. The molecular weight excluding hydrogens is 527 g/mol. The van der Waals surface area contributed by atoms with E-state index in [1.165, 1.54) is 47.4 Å². The molecule has 1 aliphatic heterocycles. The molecule has 0 bridgehead atoms. The molecule has 3 aromatic carbocycles. The van der Waals surface area contributed by atoms with Crippen LogP contribution in [-0.2, 0) is 9.53 Å². The van der Waals surface area contributed by atoms with Crippen LogP contribution >= 0.6 is 23.1 Å². The number of thioether (sulfide) groups is 1. The normalized spacial score (nSPS) is 13.3. The van der Waals surface area contributed by atoms with Crippen LogP contribution in [0.1, 0.15) is 20.7 Å². The Kier molecular flexibility index (Phi) is 7.97. The number of amides is 3. The first-order valence-electron chi connectivity index (χ1n) is 11.8. The van der Waals surface area contributed by atoms with Crippen molar-refractivity contribution < 1.29 is 23.5 Å². The van der Waals surface area contributed by atoms with E-state index >= 15 is 0 Å². The molecule has 2 heterocycles. The van der Waals surface area contributed by atoms with Gasteiger partial charge in [0.05, 0.1) is 40.3 Å². The molecule has 0 radical (unpaired) electrons. The topological polar surface area (TPSA) is 101 Å². The minimum atomic E-state index is -0.377. The van der Waals surface area contributed by atoms with Crippen molar-refractivity contribution in [1.29, 1.82) is 0 Å². The number of halogens is 1. The van der Waals surface area contributed by atoms with Gasteiger partial charge in [-0.1, -0.05) is 23.9 Å². The second kappa shape index (κ2) is 11.7. The van der Waals surface area contributed by atoms with Crippen molar-refractivity contribution in [3.8, 4) is 0 Å². The average molecular weight is 551 g/mol. The first kappa shape index (κ1) is 25.8. The van der Waals surface area contributed by atoms with Crippen LogP contribution in [-0.4, -0.2) is 59.7 Å². The van der Waals surface area contributed by atoms with Crippen molar-refractivity contribution in [2.24, 2.45) is 0 Å². The van der Waals surface area contributed by atoms with Gasteiger partial charge in [-0.05, 0) is 54.6 Å². The van der Waals surface area contributed by atoms with Crippen molar-refractivity contribution in [1.82, 2.24) is 9.88 Å². The Balaban J connectivity index is 1.23. The van der Waals surface area contributed by atoms with Gasteiger partial charge in [-0.25, -0.2) is 9.37 Å². The summed E-state index contributed by atoms with van der Waals surface area (Å²) in [5, 5.41) is 5.61. The number of ether oxygens (including phenoxy) is 1. The number of thiazole rings is 1. The fourth-order valence-corrected chi connectivity index (χ4v) is 5.81. The van der Waals surface area contributed by atoms with Crippen molar-refractivity contribution in [3.05, 3.63) is 83.7 Å². The summed E-state index contributed by atoms with van der Waals surface area (Å²) in [5.74, 6) is -1.01. The zero-order valence-corrected chi connectivity index (χ0v) is 21.7. The number of fused-ring (bicyclic) bond motifs is 1. The summed E-state index contributed by atoms with van der Waals surface area (Å²) < 4.78 is 19.9. The Bertz CT molecular complexity index is 1490. The van der Waals surface area contributed by atoms with Crippen LogP contribution in [0.2, 0.25) is 0 Å². The molecule has 38 heavy (non-hydrogen) atoms. The lowest BCUT2D eigenvalue weighted by molar-refractivity contribution is -0.113. The van der Waals surface area contributed by atoms with E-state index in [4.69, 9.17) is 4.74 Å². The number of carbonyl (C=O) groups excluding carboxylic acids is 3. The van der Waals surface area contributed by atoms with Gasteiger partial charge in [0.2, 0.25) is 5.91 Å². The van der Waals surface area contributed by atoms with E-state index in [1.807, 2.05) is 6.07 Å². The number of hydrogen-bond acceptors (Lipinski definition) is 7. The molecular formula is C27H23FN4O4S2. The molecule has 1 saturated heterocycles. The Morgan fingerprint density at radius 2 is 1.66 bits per heavy atom. The number of anilines is 2. The fraction of sp³-hybridized carbons (Fsp3) is 0.185. The van der Waals surface area contributed by atoms with E-state index < -0.39 is 0 Å². The number of carbonyl (C=O) groups is 3. The van der Waals surface area contributed by atoms with Gasteiger partial charge >= 0.3 is 0 Å². The summed E-state index contributed by atoms with van der Waals surface area (Å²) >= 11 is 2.70. The minimum Gasteiger partial charge on any atom is -0.378 e. The maximum atomic E-state index is 13.1. The molecule has 5 rings (SSSR count). The van der Waals surface area contributed by atoms with Gasteiger partial charge in [0.25, 0.3) is 11.8 Å². The first-order chi connectivity index (χ1) is 18.5. The third kappa shape index (κ3) is 6.18. The number of benzene rings is 3. The summed E-state index contributed by atoms with van der Waals surface area (Å²) in [6.45, 7) is 1.94. The number of rotatable bonds is 7. The van der Waals surface area contributed by atoms with Gasteiger partial charge in [-0.15, -0.1) is 11.3 Å². The lowest BCUT2D eigenvalue weighted by atomic mass is 10.0. The molecule has 4 aromatic rings. The molecule has 0 spiro atoms. The van der Waals surface area contributed by atoms with E-state index in [-0.39, 0.29) is 29.3 Å². The molecule has 194 valence electrons. The largest absolute Gasteiger partial charge is 0.378 e. The molecule has 1 aromatic heterocycles. The van der Waals surface area contributed by atoms with Gasteiger partial charge in [0.1, 0.15) is 5.82 Å². The third-order valence-corrected chi connectivity index (χ3v) is 7.94. The van der Waals surface area contributed by atoms with E-state index in [2.05, 4.69) is 15.6 Å². The van der Waals surface area contributed by atoms with Crippen LogP contribution in [0.5, 0.6) is 0 Å². The van der Waals surface area contributed by atoms with Gasteiger partial charge < -0.3 is 20.3 Å². The smallest absolute Gasteiger partial charge is 0.256 e. The molecule has 11 heteroatoms. The summed E-state index contributed by atoms with van der Waals surface area (Å²) in [6, 6.07) is 17.7. The van der Waals surface area contributed by atoms with Crippen LogP contribution in [0.4, 0.5) is 15.8 Å². The standard InChI is InChI=1S/C27H23FN4O4S2/c28-17-5-7-18(8-6-17)29-24(33)16-37-27-31-22-10-9-19(15-23(22)38-27)30-25(34)20-3-1-2-4-21(20)26(35)32-11-13-36-14-12-32/h1-10,15H,11-14,16H2,(H,29,33)(H,30,34). The summed E-state index contributed by atoms with van der Waals surface area (Å²) in [5.41, 5.74) is 2.50. The number of morpholine rings is 1. The second-order valence-electron chi connectivity index (χ2n) is 8.41. The molecule has 0 atom stereocenters. The first-order valence-corrected chi connectivity index (χ1v) is 13.6. The van der Waals surface area contributed by atoms with Gasteiger partial charge in [-0.3, -0.25) is 14.4 Å². The van der Waals surface area contributed by atoms with Crippen LogP contribution < -0.4 is 10.6 Å². The Morgan fingerprint density at radius 3 is 2.42 bits per heavy atom. The second-order valence-corrected chi connectivity index (χ2v) is 10.7. The summed E-state index contributed by atoms with van der Waals surface area (Å²) in [6.07, 6.45) is 0.